The number of benzene rings is 1. The average Bonchev–Trinajstić information content (AvgIpc) is 2.94. The van der Waals surface area contributed by atoms with Crippen molar-refractivity contribution in [3.63, 3.8) is 0 Å². The Bertz CT molecular complexity index is 797. The zero-order chi connectivity index (χ0) is 18.6. The summed E-state index contributed by atoms with van der Waals surface area (Å²) in [4.78, 5) is 24.7. The highest BCUT2D eigenvalue weighted by Crippen LogP contribution is 2.35. The third-order valence-electron chi connectivity index (χ3n) is 3.94. The zero-order valence-electron chi connectivity index (χ0n) is 14.7. The number of fused-ring (bicyclic) bond motifs is 1. The van der Waals surface area contributed by atoms with Gasteiger partial charge in [-0.1, -0.05) is 55.8 Å². The van der Waals surface area contributed by atoms with E-state index in [0.717, 1.165) is 10.1 Å². The molecular formula is C19H22ClNO3S. The van der Waals surface area contributed by atoms with E-state index in [4.69, 9.17) is 16.3 Å². The smallest absolute Gasteiger partial charge is 0.312 e. The van der Waals surface area contributed by atoms with Gasteiger partial charge in [-0.25, -0.2) is 0 Å². The lowest BCUT2D eigenvalue weighted by molar-refractivity contribution is -0.143. The second-order valence-corrected chi connectivity index (χ2v) is 7.61. The van der Waals surface area contributed by atoms with E-state index in [0.29, 0.717) is 9.90 Å². The topological polar surface area (TPSA) is 55.4 Å². The molecular weight excluding hydrogens is 358 g/mol. The molecule has 1 N–H and O–H groups in total. The summed E-state index contributed by atoms with van der Waals surface area (Å²) >= 11 is 7.75. The molecule has 2 rings (SSSR count). The van der Waals surface area contributed by atoms with E-state index in [1.165, 1.54) is 18.4 Å². The van der Waals surface area contributed by atoms with Crippen LogP contribution in [-0.4, -0.2) is 25.0 Å². The molecule has 2 atom stereocenters. The summed E-state index contributed by atoms with van der Waals surface area (Å²) in [6.45, 7) is 5.76. The molecule has 1 aromatic heterocycles. The Kier molecular flexibility index (Phi) is 6.62. The monoisotopic (exact) mass is 379 g/mol. The van der Waals surface area contributed by atoms with Gasteiger partial charge in [0.15, 0.2) is 0 Å². The molecule has 2 aromatic rings. The van der Waals surface area contributed by atoms with Crippen molar-refractivity contribution in [2.24, 2.45) is 11.8 Å². The molecule has 4 nitrogen and oxygen atoms in total. The Labute approximate surface area is 156 Å². The largest absolute Gasteiger partial charge is 0.469 e. The molecule has 134 valence electrons. The SMILES string of the molecule is COC(=O)C(C)C=CC(NC(=O)c1sc2ccccc2c1Cl)C(C)C. The Morgan fingerprint density at radius 3 is 2.48 bits per heavy atom. The molecule has 0 bridgehead atoms. The first kappa shape index (κ1) is 19.5. The van der Waals surface area contributed by atoms with Crippen LogP contribution in [0.15, 0.2) is 36.4 Å². The lowest BCUT2D eigenvalue weighted by Gasteiger charge is -2.19. The van der Waals surface area contributed by atoms with Gasteiger partial charge in [0, 0.05) is 16.1 Å². The lowest BCUT2D eigenvalue weighted by atomic mass is 10.0. The van der Waals surface area contributed by atoms with Crippen LogP contribution in [-0.2, 0) is 9.53 Å². The average molecular weight is 380 g/mol. The van der Waals surface area contributed by atoms with Gasteiger partial charge in [0.05, 0.1) is 18.1 Å². The molecule has 0 aliphatic carbocycles. The molecule has 6 heteroatoms. The molecule has 0 radical (unpaired) electrons. The number of hydrogen-bond acceptors (Lipinski definition) is 4. The standard InChI is InChI=1S/C19H22ClNO3S/c1-11(2)14(10-9-12(3)19(23)24-4)21-18(22)17-16(20)13-7-5-6-8-15(13)25-17/h5-12,14H,1-4H3,(H,21,22). The first-order valence-corrected chi connectivity index (χ1v) is 9.28. The first-order chi connectivity index (χ1) is 11.8. The molecule has 1 aromatic carbocycles. The van der Waals surface area contributed by atoms with Crippen LogP contribution in [0.3, 0.4) is 0 Å². The highest BCUT2D eigenvalue weighted by Gasteiger charge is 2.21. The summed E-state index contributed by atoms with van der Waals surface area (Å²) in [5.41, 5.74) is 0. The quantitative estimate of drug-likeness (QED) is 0.585. The maximum absolute atomic E-state index is 12.7. The van der Waals surface area contributed by atoms with Crippen molar-refractivity contribution in [1.82, 2.24) is 5.32 Å². The molecule has 0 spiro atoms. The number of carbonyl (C=O) groups is 2. The maximum Gasteiger partial charge on any atom is 0.312 e. The van der Waals surface area contributed by atoms with Gasteiger partial charge in [0.25, 0.3) is 5.91 Å². The third kappa shape index (κ3) is 4.61. The summed E-state index contributed by atoms with van der Waals surface area (Å²) in [5, 5.41) is 4.36. The number of rotatable bonds is 6. The van der Waals surface area contributed by atoms with Crippen molar-refractivity contribution in [3.8, 4) is 0 Å². The van der Waals surface area contributed by atoms with E-state index in [1.807, 2.05) is 44.2 Å². The summed E-state index contributed by atoms with van der Waals surface area (Å²) < 4.78 is 5.69. The number of esters is 1. The van der Waals surface area contributed by atoms with Crippen molar-refractivity contribution in [3.05, 3.63) is 46.3 Å². The van der Waals surface area contributed by atoms with Gasteiger partial charge in [0.2, 0.25) is 0 Å². The molecule has 1 heterocycles. The van der Waals surface area contributed by atoms with Gasteiger partial charge >= 0.3 is 5.97 Å². The third-order valence-corrected chi connectivity index (χ3v) is 5.61. The van der Waals surface area contributed by atoms with Gasteiger partial charge in [0.1, 0.15) is 4.88 Å². The van der Waals surface area contributed by atoms with E-state index in [9.17, 15) is 9.59 Å². The van der Waals surface area contributed by atoms with Gasteiger partial charge < -0.3 is 10.1 Å². The predicted molar refractivity (Wildman–Crippen MR) is 103 cm³/mol. The molecule has 0 saturated heterocycles. The van der Waals surface area contributed by atoms with Crippen molar-refractivity contribution in [2.75, 3.05) is 7.11 Å². The maximum atomic E-state index is 12.7. The van der Waals surface area contributed by atoms with E-state index in [2.05, 4.69) is 5.32 Å². The summed E-state index contributed by atoms with van der Waals surface area (Å²) in [7, 11) is 1.36. The molecule has 2 unspecified atom stereocenters. The summed E-state index contributed by atoms with van der Waals surface area (Å²) in [5.74, 6) is -0.716. The number of thiophene rings is 1. The van der Waals surface area contributed by atoms with Crippen LogP contribution < -0.4 is 5.32 Å². The van der Waals surface area contributed by atoms with Crippen LogP contribution in [0.4, 0.5) is 0 Å². The number of halogens is 1. The molecule has 1 amide bonds. The van der Waals surface area contributed by atoms with Crippen LogP contribution in [0.5, 0.6) is 0 Å². The van der Waals surface area contributed by atoms with Gasteiger partial charge in [-0.15, -0.1) is 11.3 Å². The normalized spacial score (nSPS) is 14.0. The number of hydrogen-bond donors (Lipinski definition) is 1. The number of nitrogens with one attached hydrogen (secondary N) is 1. The minimum Gasteiger partial charge on any atom is -0.469 e. The van der Waals surface area contributed by atoms with Crippen LogP contribution in [0.2, 0.25) is 5.02 Å². The minimum atomic E-state index is -0.365. The van der Waals surface area contributed by atoms with Crippen LogP contribution in [0.25, 0.3) is 10.1 Å². The fourth-order valence-electron chi connectivity index (χ4n) is 2.36. The lowest BCUT2D eigenvalue weighted by Crippen LogP contribution is -2.37. The van der Waals surface area contributed by atoms with Crippen LogP contribution in [0, 0.1) is 11.8 Å². The number of amides is 1. The van der Waals surface area contributed by atoms with E-state index >= 15 is 0 Å². The van der Waals surface area contributed by atoms with Crippen LogP contribution in [0.1, 0.15) is 30.4 Å². The number of ether oxygens (including phenoxy) is 1. The minimum absolute atomic E-state index is 0.165. The molecule has 0 fully saturated rings. The molecule has 0 saturated carbocycles. The highest BCUT2D eigenvalue weighted by atomic mass is 35.5. The van der Waals surface area contributed by atoms with Crippen molar-refractivity contribution in [2.45, 2.75) is 26.8 Å². The number of methoxy groups -OCH3 is 1. The second kappa shape index (κ2) is 8.50. The number of carbonyl (C=O) groups excluding carboxylic acids is 2. The van der Waals surface area contributed by atoms with Gasteiger partial charge in [-0.05, 0) is 18.9 Å². The van der Waals surface area contributed by atoms with E-state index < -0.39 is 0 Å². The molecule has 0 aliphatic rings. The highest BCUT2D eigenvalue weighted by molar-refractivity contribution is 7.21. The Morgan fingerprint density at radius 1 is 1.20 bits per heavy atom. The van der Waals surface area contributed by atoms with Crippen LogP contribution >= 0.6 is 22.9 Å². The van der Waals surface area contributed by atoms with Gasteiger partial charge in [-0.2, -0.15) is 0 Å². The van der Waals surface area contributed by atoms with Crippen molar-refractivity contribution < 1.29 is 14.3 Å². The van der Waals surface area contributed by atoms with Crippen molar-refractivity contribution in [1.29, 1.82) is 0 Å². The fourth-order valence-corrected chi connectivity index (χ4v) is 3.78. The first-order valence-electron chi connectivity index (χ1n) is 8.09. The van der Waals surface area contributed by atoms with Crippen molar-refractivity contribution >= 4 is 44.9 Å². The molecule has 25 heavy (non-hydrogen) atoms. The Hall–Kier alpha value is -1.85. The fraction of sp³-hybridized carbons (Fsp3) is 0.368. The Morgan fingerprint density at radius 2 is 1.88 bits per heavy atom. The second-order valence-electron chi connectivity index (χ2n) is 6.18. The zero-order valence-corrected chi connectivity index (χ0v) is 16.3. The summed E-state index contributed by atoms with van der Waals surface area (Å²) in [6.07, 6.45) is 3.59. The molecule has 0 aliphatic heterocycles. The predicted octanol–water partition coefficient (Wildman–Crippen LogP) is 4.67. The summed E-state index contributed by atoms with van der Waals surface area (Å²) in [6, 6.07) is 7.46. The Balaban J connectivity index is 2.18. The van der Waals surface area contributed by atoms with Gasteiger partial charge in [-0.3, -0.25) is 9.59 Å². The van der Waals surface area contributed by atoms with E-state index in [-0.39, 0.29) is 29.8 Å². The van der Waals surface area contributed by atoms with E-state index in [1.54, 1.807) is 13.0 Å².